The molecule has 30 heavy (non-hydrogen) atoms. The van der Waals surface area contributed by atoms with Crippen molar-refractivity contribution in [1.29, 1.82) is 0 Å². The van der Waals surface area contributed by atoms with E-state index in [2.05, 4.69) is 15.3 Å². The third-order valence-electron chi connectivity index (χ3n) is 5.13. The lowest BCUT2D eigenvalue weighted by molar-refractivity contribution is -0.122. The van der Waals surface area contributed by atoms with E-state index in [9.17, 15) is 18.4 Å². The summed E-state index contributed by atoms with van der Waals surface area (Å²) in [5, 5.41) is 3.39. The zero-order valence-corrected chi connectivity index (χ0v) is 17.4. The van der Waals surface area contributed by atoms with Gasteiger partial charge in [0.25, 0.3) is 5.56 Å². The van der Waals surface area contributed by atoms with E-state index in [0.29, 0.717) is 31.6 Å². The van der Waals surface area contributed by atoms with Crippen molar-refractivity contribution >= 4 is 32.7 Å². The molecule has 0 aliphatic carbocycles. The average Bonchev–Trinajstić information content (AvgIpc) is 3.35. The first-order chi connectivity index (χ1) is 14.3. The van der Waals surface area contributed by atoms with Gasteiger partial charge >= 0.3 is 5.92 Å². The van der Waals surface area contributed by atoms with E-state index < -0.39 is 23.3 Å². The molecule has 10 heteroatoms. The van der Waals surface area contributed by atoms with E-state index >= 15 is 0 Å². The molecule has 1 saturated heterocycles. The summed E-state index contributed by atoms with van der Waals surface area (Å²) in [7, 11) is 1.26. The predicted molar refractivity (Wildman–Crippen MR) is 111 cm³/mol. The number of halogens is 2. The van der Waals surface area contributed by atoms with Crippen LogP contribution in [-0.4, -0.2) is 33.0 Å². The summed E-state index contributed by atoms with van der Waals surface area (Å²) in [6.07, 6.45) is 1.45. The number of nitrogens with one attached hydrogen (secondary N) is 1. The molecular formula is C20H21F2N5O2S. The lowest BCUT2D eigenvalue weighted by Crippen LogP contribution is -2.43. The van der Waals surface area contributed by atoms with Gasteiger partial charge in [0.1, 0.15) is 6.04 Å². The number of rotatable bonds is 5. The summed E-state index contributed by atoms with van der Waals surface area (Å²) in [5.74, 6) is -3.98. The van der Waals surface area contributed by atoms with Crippen molar-refractivity contribution in [1.82, 2.24) is 19.9 Å². The second-order valence-corrected chi connectivity index (χ2v) is 8.35. The molecule has 0 radical (unpaired) electrons. The van der Waals surface area contributed by atoms with Crippen molar-refractivity contribution in [3.8, 4) is 0 Å². The van der Waals surface area contributed by atoms with Crippen molar-refractivity contribution in [2.45, 2.75) is 38.3 Å². The highest BCUT2D eigenvalue weighted by atomic mass is 32.1. The van der Waals surface area contributed by atoms with Gasteiger partial charge in [0, 0.05) is 27.1 Å². The quantitative estimate of drug-likeness (QED) is 0.669. The van der Waals surface area contributed by atoms with E-state index in [1.807, 2.05) is 35.2 Å². The molecule has 1 aliphatic heterocycles. The van der Waals surface area contributed by atoms with Crippen molar-refractivity contribution in [3.63, 3.8) is 0 Å². The first-order valence-corrected chi connectivity index (χ1v) is 10.4. The number of fused-ring (bicyclic) bond motifs is 1. The van der Waals surface area contributed by atoms with Gasteiger partial charge in [-0.3, -0.25) is 14.2 Å². The molecule has 1 aliphatic rings. The van der Waals surface area contributed by atoms with Crippen LogP contribution in [0.1, 0.15) is 31.2 Å². The molecule has 0 spiro atoms. The summed E-state index contributed by atoms with van der Waals surface area (Å²) in [6, 6.07) is 9.17. The van der Waals surface area contributed by atoms with Crippen LogP contribution < -0.4 is 15.8 Å². The van der Waals surface area contributed by atoms with Crippen LogP contribution in [0.4, 0.5) is 13.9 Å². The number of hydrogen-bond donors (Lipinski definition) is 1. The molecule has 1 fully saturated rings. The lowest BCUT2D eigenvalue weighted by atomic mass is 10.2. The van der Waals surface area contributed by atoms with Crippen LogP contribution in [0.25, 0.3) is 10.3 Å². The normalized spacial score (nSPS) is 16.9. The largest absolute Gasteiger partial charge is 0.350 e. The molecule has 0 saturated carbocycles. The number of amides is 1. The fraction of sp³-hybridized carbons (Fsp3) is 0.400. The van der Waals surface area contributed by atoms with Gasteiger partial charge in [-0.05, 0) is 18.4 Å². The van der Waals surface area contributed by atoms with Crippen molar-refractivity contribution in [2.75, 3.05) is 11.4 Å². The summed E-state index contributed by atoms with van der Waals surface area (Å²) in [5.41, 5.74) is 0.417. The number of thiazole rings is 1. The highest BCUT2D eigenvalue weighted by Crippen LogP contribution is 2.33. The Morgan fingerprint density at radius 2 is 2.03 bits per heavy atom. The molecule has 1 atom stereocenters. The van der Waals surface area contributed by atoms with Gasteiger partial charge in [0.2, 0.25) is 5.91 Å². The van der Waals surface area contributed by atoms with E-state index in [1.54, 1.807) is 0 Å². The van der Waals surface area contributed by atoms with Crippen LogP contribution in [0.15, 0.2) is 35.1 Å². The smallest absolute Gasteiger partial charge is 0.302 e. The Kier molecular flexibility index (Phi) is 5.27. The maximum atomic E-state index is 13.8. The fourth-order valence-electron chi connectivity index (χ4n) is 3.63. The maximum absolute atomic E-state index is 13.8. The minimum Gasteiger partial charge on any atom is -0.350 e. The highest BCUT2D eigenvalue weighted by Gasteiger charge is 2.35. The first-order valence-electron chi connectivity index (χ1n) is 9.60. The topological polar surface area (TPSA) is 80.1 Å². The molecule has 1 amide bonds. The zero-order chi connectivity index (χ0) is 21.5. The molecule has 2 aromatic heterocycles. The third kappa shape index (κ3) is 3.79. The molecular weight excluding hydrogens is 412 g/mol. The molecule has 0 unspecified atom stereocenters. The Hall–Kier alpha value is -2.88. The van der Waals surface area contributed by atoms with Gasteiger partial charge in [0.05, 0.1) is 0 Å². The van der Waals surface area contributed by atoms with Gasteiger partial charge in [-0.2, -0.15) is 8.78 Å². The standard InChI is InChI=1S/C20H21F2N5O2S/c1-20(21,22)18-25-16-14(17(29)26(18)2)24-19(30-16)27-10-6-9-13(27)15(28)23-11-12-7-4-3-5-8-12/h3-5,7-8,13H,6,9-11H2,1-2H3,(H,23,28)/t13-/m1/s1. The van der Waals surface area contributed by atoms with Crippen LogP contribution >= 0.6 is 11.3 Å². The van der Waals surface area contributed by atoms with Crippen LogP contribution in [0.5, 0.6) is 0 Å². The van der Waals surface area contributed by atoms with Gasteiger partial charge in [-0.1, -0.05) is 41.7 Å². The summed E-state index contributed by atoms with van der Waals surface area (Å²) < 4.78 is 28.5. The number of anilines is 1. The summed E-state index contributed by atoms with van der Waals surface area (Å²) in [6.45, 7) is 1.72. The van der Waals surface area contributed by atoms with Crippen molar-refractivity contribution in [2.24, 2.45) is 7.05 Å². The molecule has 1 aromatic carbocycles. The van der Waals surface area contributed by atoms with E-state index in [0.717, 1.165) is 27.9 Å². The Balaban J connectivity index is 1.60. The monoisotopic (exact) mass is 433 g/mol. The third-order valence-corrected chi connectivity index (χ3v) is 6.12. The lowest BCUT2D eigenvalue weighted by Gasteiger charge is -2.23. The Morgan fingerprint density at radius 3 is 2.73 bits per heavy atom. The summed E-state index contributed by atoms with van der Waals surface area (Å²) in [4.78, 5) is 35.6. The highest BCUT2D eigenvalue weighted by molar-refractivity contribution is 7.21. The Bertz CT molecular complexity index is 1140. The van der Waals surface area contributed by atoms with Gasteiger partial charge in [0.15, 0.2) is 21.3 Å². The first kappa shape index (κ1) is 20.4. The van der Waals surface area contributed by atoms with Crippen LogP contribution in [0, 0.1) is 0 Å². The number of aromatic nitrogens is 3. The Morgan fingerprint density at radius 1 is 1.30 bits per heavy atom. The van der Waals surface area contributed by atoms with E-state index in [1.165, 1.54) is 7.05 Å². The minimum absolute atomic E-state index is 0.0424. The molecule has 4 rings (SSSR count). The fourth-order valence-corrected chi connectivity index (χ4v) is 4.64. The maximum Gasteiger partial charge on any atom is 0.302 e. The molecule has 3 aromatic rings. The molecule has 158 valence electrons. The molecule has 1 N–H and O–H groups in total. The predicted octanol–water partition coefficient (Wildman–Crippen LogP) is 2.79. The number of hydrogen-bond acceptors (Lipinski definition) is 6. The van der Waals surface area contributed by atoms with Crippen LogP contribution in [0.3, 0.4) is 0 Å². The number of alkyl halides is 2. The SMILES string of the molecule is Cn1c(C(C)(F)F)nc2sc(N3CCC[C@@H]3C(=O)NCc3ccccc3)nc2c1=O. The second-order valence-electron chi connectivity index (χ2n) is 7.39. The van der Waals surface area contributed by atoms with E-state index in [4.69, 9.17) is 0 Å². The molecule has 0 bridgehead atoms. The van der Waals surface area contributed by atoms with Crippen LogP contribution in [0.2, 0.25) is 0 Å². The van der Waals surface area contributed by atoms with Gasteiger partial charge < -0.3 is 10.2 Å². The van der Waals surface area contributed by atoms with Crippen molar-refractivity contribution in [3.05, 3.63) is 52.1 Å². The number of benzene rings is 1. The Labute approximate surface area is 175 Å². The van der Waals surface area contributed by atoms with Crippen molar-refractivity contribution < 1.29 is 13.6 Å². The van der Waals surface area contributed by atoms with Gasteiger partial charge in [-0.15, -0.1) is 0 Å². The zero-order valence-electron chi connectivity index (χ0n) is 16.6. The van der Waals surface area contributed by atoms with Crippen LogP contribution in [-0.2, 0) is 24.3 Å². The van der Waals surface area contributed by atoms with E-state index in [-0.39, 0.29) is 16.3 Å². The number of carbonyl (C=O) groups excluding carboxylic acids is 1. The second kappa shape index (κ2) is 7.75. The number of nitrogens with zero attached hydrogens (tertiary/aromatic N) is 4. The van der Waals surface area contributed by atoms with Gasteiger partial charge in [-0.25, -0.2) is 9.97 Å². The molecule has 3 heterocycles. The minimum atomic E-state index is -3.25. The number of carbonyl (C=O) groups is 1. The summed E-state index contributed by atoms with van der Waals surface area (Å²) >= 11 is 1.06. The molecule has 7 nitrogen and oxygen atoms in total. The average molecular weight is 433 g/mol.